The van der Waals surface area contributed by atoms with Crippen LogP contribution >= 0.6 is 0 Å². The second kappa shape index (κ2) is 11.6. The van der Waals surface area contributed by atoms with Gasteiger partial charge in [0.15, 0.2) is 0 Å². The van der Waals surface area contributed by atoms with Crippen molar-refractivity contribution in [1.29, 1.82) is 0 Å². The third-order valence-electron chi connectivity index (χ3n) is 5.52. The molecule has 0 amide bonds. The summed E-state index contributed by atoms with van der Waals surface area (Å²) < 4.78 is 0. The van der Waals surface area contributed by atoms with E-state index in [2.05, 4.69) is 48.5 Å². The SMILES string of the molecule is CCCCC(C)CC(C)C(C)C(C)CCC(C)CCC. The van der Waals surface area contributed by atoms with Crippen LogP contribution in [0.5, 0.6) is 0 Å². The molecule has 0 saturated carbocycles. The maximum absolute atomic E-state index is 2.49. The summed E-state index contributed by atoms with van der Waals surface area (Å²) in [6.07, 6.45) is 11.2. The Morgan fingerprint density at radius 3 is 1.80 bits per heavy atom. The number of hydrogen-bond acceptors (Lipinski definition) is 0. The van der Waals surface area contributed by atoms with E-state index < -0.39 is 0 Å². The lowest BCUT2D eigenvalue weighted by atomic mass is 9.77. The molecule has 0 heteroatoms. The molecule has 0 aromatic heterocycles. The molecule has 0 saturated heterocycles. The lowest BCUT2D eigenvalue weighted by molar-refractivity contribution is 0.217. The van der Waals surface area contributed by atoms with Gasteiger partial charge in [-0.2, -0.15) is 0 Å². The fraction of sp³-hybridized carbons (Fsp3) is 1.00. The first-order valence-electron chi connectivity index (χ1n) is 9.42. The normalized spacial score (nSPS) is 19.4. The van der Waals surface area contributed by atoms with Crippen LogP contribution in [0.1, 0.15) is 99.8 Å². The van der Waals surface area contributed by atoms with Crippen LogP contribution in [0.3, 0.4) is 0 Å². The van der Waals surface area contributed by atoms with Crippen LogP contribution in [-0.4, -0.2) is 0 Å². The summed E-state index contributed by atoms with van der Waals surface area (Å²) in [6.45, 7) is 17.0. The maximum Gasteiger partial charge on any atom is -0.0391 e. The van der Waals surface area contributed by atoms with Gasteiger partial charge in [0.2, 0.25) is 0 Å². The highest BCUT2D eigenvalue weighted by Crippen LogP contribution is 2.31. The first kappa shape index (κ1) is 20.0. The molecule has 5 atom stereocenters. The molecule has 0 aliphatic rings. The van der Waals surface area contributed by atoms with E-state index in [0.29, 0.717) is 0 Å². The Morgan fingerprint density at radius 1 is 0.600 bits per heavy atom. The summed E-state index contributed by atoms with van der Waals surface area (Å²) in [5, 5.41) is 0. The molecule has 0 heterocycles. The molecule has 0 aliphatic heterocycles. The van der Waals surface area contributed by atoms with Gasteiger partial charge in [0.25, 0.3) is 0 Å². The predicted molar refractivity (Wildman–Crippen MR) is 94.1 cm³/mol. The van der Waals surface area contributed by atoms with Crippen LogP contribution in [0, 0.1) is 29.6 Å². The summed E-state index contributed by atoms with van der Waals surface area (Å²) in [7, 11) is 0. The molecule has 0 aliphatic carbocycles. The van der Waals surface area contributed by atoms with Crippen molar-refractivity contribution in [2.45, 2.75) is 99.8 Å². The van der Waals surface area contributed by atoms with Gasteiger partial charge >= 0.3 is 0 Å². The quantitative estimate of drug-likeness (QED) is 0.351. The Morgan fingerprint density at radius 2 is 1.25 bits per heavy atom. The highest BCUT2D eigenvalue weighted by molar-refractivity contribution is 4.71. The van der Waals surface area contributed by atoms with Crippen LogP contribution in [0.25, 0.3) is 0 Å². The zero-order valence-electron chi connectivity index (χ0n) is 15.5. The van der Waals surface area contributed by atoms with Crippen molar-refractivity contribution in [2.24, 2.45) is 29.6 Å². The molecule has 122 valence electrons. The molecule has 0 spiro atoms. The summed E-state index contributed by atoms with van der Waals surface area (Å²) in [5.74, 6) is 4.50. The van der Waals surface area contributed by atoms with Crippen LogP contribution in [0.15, 0.2) is 0 Å². The minimum Gasteiger partial charge on any atom is -0.0654 e. The van der Waals surface area contributed by atoms with Crippen LogP contribution in [0.4, 0.5) is 0 Å². The van der Waals surface area contributed by atoms with E-state index in [1.807, 2.05) is 0 Å². The Balaban J connectivity index is 3.99. The largest absolute Gasteiger partial charge is 0.0654 e. The smallest absolute Gasteiger partial charge is 0.0391 e. The molecule has 0 fully saturated rings. The second-order valence-corrected chi connectivity index (χ2v) is 7.77. The lowest BCUT2D eigenvalue weighted by Gasteiger charge is -2.29. The zero-order valence-corrected chi connectivity index (χ0v) is 15.5. The highest BCUT2D eigenvalue weighted by Gasteiger charge is 2.21. The molecule has 0 aromatic carbocycles. The van der Waals surface area contributed by atoms with Gasteiger partial charge in [0.05, 0.1) is 0 Å². The van der Waals surface area contributed by atoms with Gasteiger partial charge in [-0.1, -0.05) is 93.4 Å². The van der Waals surface area contributed by atoms with Crippen molar-refractivity contribution in [1.82, 2.24) is 0 Å². The average molecular weight is 283 g/mol. The summed E-state index contributed by atoms with van der Waals surface area (Å²) >= 11 is 0. The van der Waals surface area contributed by atoms with Gasteiger partial charge in [0.1, 0.15) is 0 Å². The lowest BCUT2D eigenvalue weighted by Crippen LogP contribution is -2.19. The van der Waals surface area contributed by atoms with E-state index in [9.17, 15) is 0 Å². The summed E-state index contributed by atoms with van der Waals surface area (Å²) in [6, 6.07) is 0. The minimum absolute atomic E-state index is 0.882. The average Bonchev–Trinajstić information content (AvgIpc) is 2.41. The topological polar surface area (TPSA) is 0 Å². The minimum atomic E-state index is 0.882. The van der Waals surface area contributed by atoms with Gasteiger partial charge in [-0.25, -0.2) is 0 Å². The predicted octanol–water partition coefficient (Wildman–Crippen LogP) is 7.33. The Hall–Kier alpha value is 0. The molecule has 0 rings (SSSR count). The van der Waals surface area contributed by atoms with Crippen LogP contribution in [-0.2, 0) is 0 Å². The number of rotatable bonds is 12. The van der Waals surface area contributed by atoms with Gasteiger partial charge in [-0.05, 0) is 36.0 Å². The molecule has 0 nitrogen and oxygen atoms in total. The standard InChI is InChI=1S/C20H42/c1-8-10-12-17(4)15-19(6)20(7)18(5)14-13-16(3)11-9-2/h16-20H,8-15H2,1-7H3. The van der Waals surface area contributed by atoms with Crippen molar-refractivity contribution >= 4 is 0 Å². The van der Waals surface area contributed by atoms with Gasteiger partial charge in [-0.3, -0.25) is 0 Å². The fourth-order valence-corrected chi connectivity index (χ4v) is 3.53. The second-order valence-electron chi connectivity index (χ2n) is 7.77. The monoisotopic (exact) mass is 282 g/mol. The van der Waals surface area contributed by atoms with Crippen molar-refractivity contribution in [3.05, 3.63) is 0 Å². The van der Waals surface area contributed by atoms with E-state index in [4.69, 9.17) is 0 Å². The van der Waals surface area contributed by atoms with E-state index in [1.165, 1.54) is 51.4 Å². The maximum atomic E-state index is 2.49. The molecular weight excluding hydrogens is 240 g/mol. The zero-order chi connectivity index (χ0) is 15.5. The van der Waals surface area contributed by atoms with E-state index in [0.717, 1.165) is 29.6 Å². The first-order chi connectivity index (χ1) is 9.42. The molecule has 5 unspecified atom stereocenters. The van der Waals surface area contributed by atoms with Gasteiger partial charge in [0, 0.05) is 0 Å². The number of hydrogen-bond donors (Lipinski definition) is 0. The Labute approximate surface area is 130 Å². The van der Waals surface area contributed by atoms with Crippen molar-refractivity contribution in [3.63, 3.8) is 0 Å². The third kappa shape index (κ3) is 9.03. The van der Waals surface area contributed by atoms with Crippen molar-refractivity contribution < 1.29 is 0 Å². The summed E-state index contributed by atoms with van der Waals surface area (Å²) in [5.41, 5.74) is 0. The fourth-order valence-electron chi connectivity index (χ4n) is 3.53. The molecular formula is C20H42. The van der Waals surface area contributed by atoms with Crippen molar-refractivity contribution in [2.75, 3.05) is 0 Å². The van der Waals surface area contributed by atoms with E-state index >= 15 is 0 Å². The molecule has 0 bridgehead atoms. The molecule has 0 N–H and O–H groups in total. The third-order valence-corrected chi connectivity index (χ3v) is 5.52. The van der Waals surface area contributed by atoms with Crippen LogP contribution < -0.4 is 0 Å². The van der Waals surface area contributed by atoms with E-state index in [-0.39, 0.29) is 0 Å². The highest BCUT2D eigenvalue weighted by atomic mass is 14.3. The molecule has 0 aromatic rings. The number of unbranched alkanes of at least 4 members (excludes halogenated alkanes) is 1. The molecule has 20 heavy (non-hydrogen) atoms. The van der Waals surface area contributed by atoms with Gasteiger partial charge < -0.3 is 0 Å². The Bertz CT molecular complexity index is 208. The Kier molecular flexibility index (Phi) is 11.6. The first-order valence-corrected chi connectivity index (χ1v) is 9.42. The van der Waals surface area contributed by atoms with Gasteiger partial charge in [-0.15, -0.1) is 0 Å². The van der Waals surface area contributed by atoms with E-state index in [1.54, 1.807) is 0 Å². The summed E-state index contributed by atoms with van der Waals surface area (Å²) in [4.78, 5) is 0. The molecule has 0 radical (unpaired) electrons. The van der Waals surface area contributed by atoms with Crippen LogP contribution in [0.2, 0.25) is 0 Å². The van der Waals surface area contributed by atoms with Crippen molar-refractivity contribution in [3.8, 4) is 0 Å².